The molecule has 0 amide bonds. The van der Waals surface area contributed by atoms with E-state index in [1.54, 1.807) is 12.3 Å². The van der Waals surface area contributed by atoms with E-state index < -0.39 is 29.1 Å². The van der Waals surface area contributed by atoms with E-state index in [0.717, 1.165) is 73.4 Å². The van der Waals surface area contributed by atoms with Crippen LogP contribution in [0.25, 0.3) is 16.8 Å². The van der Waals surface area contributed by atoms with Crippen LogP contribution in [0.3, 0.4) is 0 Å². The Kier molecular flexibility index (Phi) is 12.1. The van der Waals surface area contributed by atoms with E-state index in [9.17, 15) is 17.6 Å². The molecule has 1 saturated heterocycles. The summed E-state index contributed by atoms with van der Waals surface area (Å²) in [5.74, 6) is -1.19. The van der Waals surface area contributed by atoms with E-state index in [1.807, 2.05) is 13.0 Å². The maximum atomic E-state index is 16.2. The van der Waals surface area contributed by atoms with Crippen molar-refractivity contribution in [3.63, 3.8) is 0 Å². The predicted molar refractivity (Wildman–Crippen MR) is 175 cm³/mol. The normalized spacial score (nSPS) is 15.1. The number of unbranched alkanes of at least 4 members (excludes halogenated alkanes) is 1. The summed E-state index contributed by atoms with van der Waals surface area (Å²) in [7, 11) is 0. The van der Waals surface area contributed by atoms with Crippen LogP contribution in [0.1, 0.15) is 61.4 Å². The van der Waals surface area contributed by atoms with Crippen molar-refractivity contribution in [1.29, 1.82) is 0 Å². The molecule has 0 atom stereocenters. The fraction of sp³-hybridized carbons (Fsp3) is 0.353. The highest BCUT2D eigenvalue weighted by atomic mass is 32.1. The number of nitrogens with one attached hydrogen (secondary N) is 3. The molecule has 0 bridgehead atoms. The van der Waals surface area contributed by atoms with Gasteiger partial charge in [-0.1, -0.05) is 37.6 Å². The lowest BCUT2D eigenvalue weighted by molar-refractivity contribution is -0.137. The first-order valence-electron chi connectivity index (χ1n) is 15.0. The van der Waals surface area contributed by atoms with Gasteiger partial charge in [-0.05, 0) is 81.6 Å². The average molecular weight is 644 g/mol. The number of anilines is 2. The maximum absolute atomic E-state index is 16.2. The third-order valence-corrected chi connectivity index (χ3v) is 8.39. The highest BCUT2D eigenvalue weighted by Gasteiger charge is 2.35. The zero-order chi connectivity index (χ0) is 32.4. The van der Waals surface area contributed by atoms with Gasteiger partial charge in [0, 0.05) is 18.2 Å². The molecule has 5 nitrogen and oxygen atoms in total. The summed E-state index contributed by atoms with van der Waals surface area (Å²) in [5, 5.41) is 9.71. The number of benzene rings is 2. The lowest BCUT2D eigenvalue weighted by atomic mass is 10.0. The number of halogens is 5. The Labute approximate surface area is 265 Å². The molecule has 0 radical (unpaired) electrons. The summed E-state index contributed by atoms with van der Waals surface area (Å²) in [5.41, 5.74) is -1.09. The number of hydrogen-bond acceptors (Lipinski definition) is 5. The van der Waals surface area contributed by atoms with Crippen molar-refractivity contribution in [3.8, 4) is 11.3 Å². The molecule has 45 heavy (non-hydrogen) atoms. The van der Waals surface area contributed by atoms with Gasteiger partial charge in [-0.15, -0.1) is 17.9 Å². The first kappa shape index (κ1) is 34.1. The molecular formula is C34H38F5N5S. The summed E-state index contributed by atoms with van der Waals surface area (Å²) in [4.78, 5) is 10.3. The smallest absolute Gasteiger partial charge is 0.351 e. The summed E-state index contributed by atoms with van der Waals surface area (Å²) in [6, 6.07) is 7.19. The van der Waals surface area contributed by atoms with Crippen LogP contribution in [0.5, 0.6) is 0 Å². The van der Waals surface area contributed by atoms with E-state index in [2.05, 4.69) is 35.5 Å². The minimum atomic E-state index is -4.84. The molecule has 0 unspecified atom stereocenters. The molecule has 2 heterocycles. The average Bonchev–Trinajstić information content (AvgIpc) is 3.43. The van der Waals surface area contributed by atoms with Crippen molar-refractivity contribution in [2.24, 2.45) is 4.99 Å². The number of rotatable bonds is 12. The second kappa shape index (κ2) is 15.9. The van der Waals surface area contributed by atoms with E-state index in [4.69, 9.17) is 9.98 Å². The van der Waals surface area contributed by atoms with Crippen molar-refractivity contribution in [2.45, 2.75) is 64.6 Å². The van der Waals surface area contributed by atoms with E-state index in [0.29, 0.717) is 23.4 Å². The van der Waals surface area contributed by atoms with Crippen molar-refractivity contribution in [2.75, 3.05) is 18.4 Å². The monoisotopic (exact) mass is 643 g/mol. The van der Waals surface area contributed by atoms with E-state index >= 15 is 4.39 Å². The maximum Gasteiger partial charge on any atom is 0.418 e. The third kappa shape index (κ3) is 9.11. The van der Waals surface area contributed by atoms with Gasteiger partial charge in [-0.2, -0.15) is 13.2 Å². The predicted octanol–water partition coefficient (Wildman–Crippen LogP) is 9.43. The Hall–Kier alpha value is -3.83. The van der Waals surface area contributed by atoms with Crippen LogP contribution < -0.4 is 16.0 Å². The first-order valence-corrected chi connectivity index (χ1v) is 15.8. The van der Waals surface area contributed by atoms with Crippen LogP contribution in [0, 0.1) is 11.6 Å². The number of para-hydroxylation sites is 1. The largest absolute Gasteiger partial charge is 0.418 e. The summed E-state index contributed by atoms with van der Waals surface area (Å²) in [6.45, 7) is 9.65. The molecule has 0 aliphatic carbocycles. The van der Waals surface area contributed by atoms with Crippen molar-refractivity contribution < 1.29 is 22.0 Å². The SMILES string of the molecule is C=CCCc1nc(-c2cccc(Nc3c(F)cccc3C(F)(F)F)c2F)c(C(/C=C\NC(C)=NC2CCNCC2)=C\CCC)s1. The zero-order valence-electron chi connectivity index (χ0n) is 25.4. The molecule has 1 aliphatic rings. The third-order valence-electron chi connectivity index (χ3n) is 7.22. The second-order valence-electron chi connectivity index (χ2n) is 10.7. The van der Waals surface area contributed by atoms with Gasteiger partial charge in [0.05, 0.1) is 44.4 Å². The highest BCUT2D eigenvalue weighted by molar-refractivity contribution is 7.13. The van der Waals surface area contributed by atoms with Crippen LogP contribution in [-0.2, 0) is 12.6 Å². The number of piperidine rings is 1. The number of thiazole rings is 1. The Bertz CT molecular complexity index is 1550. The molecule has 0 spiro atoms. The Morgan fingerprint density at radius 2 is 1.89 bits per heavy atom. The van der Waals surface area contributed by atoms with Crippen LogP contribution in [0.15, 0.2) is 72.4 Å². The number of alkyl halides is 3. The van der Waals surface area contributed by atoms with Gasteiger partial charge in [0.25, 0.3) is 0 Å². The molecular weight excluding hydrogens is 605 g/mol. The number of aryl methyl sites for hydroxylation is 1. The molecule has 0 saturated carbocycles. The van der Waals surface area contributed by atoms with Gasteiger partial charge in [-0.25, -0.2) is 13.8 Å². The Balaban J connectivity index is 1.72. The Morgan fingerprint density at radius 1 is 1.13 bits per heavy atom. The van der Waals surface area contributed by atoms with Gasteiger partial charge in [0.2, 0.25) is 0 Å². The topological polar surface area (TPSA) is 61.3 Å². The van der Waals surface area contributed by atoms with Crippen LogP contribution in [0.4, 0.5) is 33.3 Å². The number of amidine groups is 1. The van der Waals surface area contributed by atoms with Gasteiger partial charge >= 0.3 is 6.18 Å². The summed E-state index contributed by atoms with van der Waals surface area (Å²) >= 11 is 1.43. The lowest BCUT2D eigenvalue weighted by Crippen LogP contribution is -2.31. The highest BCUT2D eigenvalue weighted by Crippen LogP contribution is 2.41. The molecule has 2 aromatic carbocycles. The number of nitrogens with zero attached hydrogens (tertiary/aromatic N) is 2. The van der Waals surface area contributed by atoms with E-state index in [-0.39, 0.29) is 17.3 Å². The van der Waals surface area contributed by atoms with Crippen molar-refractivity contribution >= 4 is 34.1 Å². The molecule has 1 aromatic heterocycles. The number of aromatic nitrogens is 1. The molecule has 3 aromatic rings. The molecule has 1 aliphatic heterocycles. The standard InChI is InChI=1S/C34H38F5N5S/c1-4-6-10-23(16-21-41-22(3)42-24-17-19-40-20-18-24)33-31(44-29(45-33)15-7-5-2)25-11-8-14-28(30(25)36)43-32-26(34(37,38)39)12-9-13-27(32)35/h5,8-14,16,21,24,40,43H,2,4,6-7,15,17-20H2,1,3H3,(H,41,42)/b21-16-,23-10-. The lowest BCUT2D eigenvalue weighted by Gasteiger charge is -2.19. The fourth-order valence-corrected chi connectivity index (χ4v) is 6.06. The number of allylic oxidation sites excluding steroid dienone is 4. The van der Waals surface area contributed by atoms with Crippen molar-refractivity contribution in [3.05, 3.63) is 94.5 Å². The van der Waals surface area contributed by atoms with Gasteiger partial charge in [0.1, 0.15) is 5.82 Å². The van der Waals surface area contributed by atoms with Crippen LogP contribution in [0.2, 0.25) is 0 Å². The van der Waals surface area contributed by atoms with E-state index in [1.165, 1.54) is 29.5 Å². The molecule has 4 rings (SSSR count). The molecule has 11 heteroatoms. The zero-order valence-corrected chi connectivity index (χ0v) is 26.2. The molecule has 240 valence electrons. The minimum Gasteiger partial charge on any atom is -0.351 e. The van der Waals surface area contributed by atoms with Crippen LogP contribution >= 0.6 is 11.3 Å². The van der Waals surface area contributed by atoms with Gasteiger partial charge in [-0.3, -0.25) is 4.99 Å². The number of hydrogen-bond donors (Lipinski definition) is 3. The second-order valence-corrected chi connectivity index (χ2v) is 11.8. The number of aliphatic imine (C=N–C) groups is 1. The molecule has 3 N–H and O–H groups in total. The van der Waals surface area contributed by atoms with Gasteiger partial charge in [0.15, 0.2) is 5.82 Å². The minimum absolute atomic E-state index is 0.0911. The quantitative estimate of drug-likeness (QED) is 0.0605. The Morgan fingerprint density at radius 3 is 2.60 bits per heavy atom. The van der Waals surface area contributed by atoms with Gasteiger partial charge < -0.3 is 16.0 Å². The summed E-state index contributed by atoms with van der Waals surface area (Å²) in [6.07, 6.45) is 7.58. The van der Waals surface area contributed by atoms with Crippen molar-refractivity contribution in [1.82, 2.24) is 15.6 Å². The molecule has 1 fully saturated rings. The first-order chi connectivity index (χ1) is 21.6. The van der Waals surface area contributed by atoms with Crippen LogP contribution in [-0.4, -0.2) is 30.0 Å². The fourth-order valence-electron chi connectivity index (χ4n) is 4.94. The summed E-state index contributed by atoms with van der Waals surface area (Å²) < 4.78 is 71.7.